The molecule has 0 aliphatic carbocycles. The number of imidazole rings is 1. The monoisotopic (exact) mass is 492 g/mol. The molecule has 3 aromatic heterocycles. The highest BCUT2D eigenvalue weighted by molar-refractivity contribution is 5.93. The van der Waals surface area contributed by atoms with E-state index in [1.165, 1.54) is 32.4 Å². The highest BCUT2D eigenvalue weighted by atomic mass is 16.2. The third-order valence-corrected chi connectivity index (χ3v) is 6.95. The predicted octanol–water partition coefficient (Wildman–Crippen LogP) is 4.91. The third kappa shape index (κ3) is 6.81. The van der Waals surface area contributed by atoms with E-state index in [9.17, 15) is 4.79 Å². The number of carbonyl (C=O) groups excluding carboxylic acids is 1. The molecule has 0 spiro atoms. The molecule has 4 rings (SSSR count). The Bertz CT molecular complexity index is 1080. The van der Waals surface area contributed by atoms with Gasteiger partial charge in [-0.2, -0.15) is 0 Å². The van der Waals surface area contributed by atoms with Crippen molar-refractivity contribution in [2.24, 2.45) is 0 Å². The molecule has 1 saturated heterocycles. The fourth-order valence-electron chi connectivity index (χ4n) is 4.87. The molecule has 0 saturated carbocycles. The van der Waals surface area contributed by atoms with E-state index in [1.54, 1.807) is 6.20 Å². The fourth-order valence-corrected chi connectivity index (χ4v) is 4.87. The minimum absolute atomic E-state index is 0.0293. The first-order valence-corrected chi connectivity index (χ1v) is 13.8. The number of aromatic amines is 1. The fraction of sp³-hybridized carbons (Fsp3) is 0.571. The van der Waals surface area contributed by atoms with Crippen molar-refractivity contribution in [2.75, 3.05) is 38.0 Å². The van der Waals surface area contributed by atoms with Gasteiger partial charge in [0.1, 0.15) is 5.69 Å². The normalized spacial score (nSPS) is 14.3. The van der Waals surface area contributed by atoms with Crippen molar-refractivity contribution in [3.05, 3.63) is 42.4 Å². The SMILES string of the molecule is CCCCN(CCCC)C(=O)c1ccc2[nH]c(Nc3cccnc3)[n+](CCCN3CCCCC3)c2n1. The summed E-state index contributed by atoms with van der Waals surface area (Å²) in [6.45, 7) is 10.2. The number of pyridine rings is 2. The zero-order valence-corrected chi connectivity index (χ0v) is 22.0. The summed E-state index contributed by atoms with van der Waals surface area (Å²) >= 11 is 0. The number of hydrogen-bond acceptors (Lipinski definition) is 5. The van der Waals surface area contributed by atoms with Crippen molar-refractivity contribution >= 4 is 28.7 Å². The second-order valence-electron chi connectivity index (χ2n) is 9.81. The van der Waals surface area contributed by atoms with Crippen molar-refractivity contribution < 1.29 is 9.36 Å². The summed E-state index contributed by atoms with van der Waals surface area (Å²) in [5.74, 6) is 0.893. The van der Waals surface area contributed by atoms with E-state index >= 15 is 0 Å². The van der Waals surface area contributed by atoms with Crippen LogP contribution in [0.2, 0.25) is 0 Å². The van der Waals surface area contributed by atoms with E-state index in [-0.39, 0.29) is 5.91 Å². The average molecular weight is 493 g/mol. The molecule has 1 fully saturated rings. The number of nitrogens with zero attached hydrogens (tertiary/aromatic N) is 5. The van der Waals surface area contributed by atoms with Gasteiger partial charge < -0.3 is 9.80 Å². The molecule has 1 aliphatic rings. The van der Waals surface area contributed by atoms with Crippen LogP contribution in [0.5, 0.6) is 0 Å². The van der Waals surface area contributed by atoms with Crippen LogP contribution < -0.4 is 9.88 Å². The first kappa shape index (κ1) is 26.1. The van der Waals surface area contributed by atoms with Crippen molar-refractivity contribution in [3.8, 4) is 0 Å². The Morgan fingerprint density at radius 2 is 1.86 bits per heavy atom. The number of unbranched alkanes of at least 4 members (excludes halogenated alkanes) is 2. The number of nitrogens with one attached hydrogen (secondary N) is 2. The van der Waals surface area contributed by atoms with Gasteiger partial charge in [0.2, 0.25) is 0 Å². The quantitative estimate of drug-likeness (QED) is 0.332. The van der Waals surface area contributed by atoms with E-state index in [1.807, 2.05) is 35.4 Å². The zero-order valence-electron chi connectivity index (χ0n) is 22.0. The Balaban J connectivity index is 1.60. The van der Waals surface area contributed by atoms with Crippen molar-refractivity contribution in [2.45, 2.75) is 71.8 Å². The zero-order chi connectivity index (χ0) is 25.2. The number of hydrogen-bond donors (Lipinski definition) is 2. The molecule has 8 nitrogen and oxygen atoms in total. The maximum absolute atomic E-state index is 13.4. The number of aryl methyl sites for hydroxylation is 1. The van der Waals surface area contributed by atoms with Crippen LogP contribution in [0.3, 0.4) is 0 Å². The molecule has 8 heteroatoms. The van der Waals surface area contributed by atoms with E-state index in [2.05, 4.69) is 38.6 Å². The van der Waals surface area contributed by atoms with Gasteiger partial charge in [0.25, 0.3) is 11.6 Å². The Morgan fingerprint density at radius 3 is 2.56 bits per heavy atom. The van der Waals surface area contributed by atoms with E-state index < -0.39 is 0 Å². The lowest BCUT2D eigenvalue weighted by molar-refractivity contribution is -0.659. The Hall–Kier alpha value is -3.00. The van der Waals surface area contributed by atoms with Crippen LogP contribution >= 0.6 is 0 Å². The first-order valence-electron chi connectivity index (χ1n) is 13.8. The molecule has 1 amide bonds. The van der Waals surface area contributed by atoms with Gasteiger partial charge in [0.15, 0.2) is 11.2 Å². The highest BCUT2D eigenvalue weighted by Gasteiger charge is 2.24. The lowest BCUT2D eigenvalue weighted by atomic mass is 10.1. The van der Waals surface area contributed by atoms with Crippen LogP contribution in [0.4, 0.5) is 11.6 Å². The van der Waals surface area contributed by atoms with Gasteiger partial charge in [-0.25, -0.2) is 4.57 Å². The van der Waals surface area contributed by atoms with Crippen LogP contribution in [0.1, 0.15) is 75.7 Å². The molecule has 194 valence electrons. The van der Waals surface area contributed by atoms with Gasteiger partial charge in [-0.1, -0.05) is 33.1 Å². The Kier molecular flexibility index (Phi) is 9.67. The summed E-state index contributed by atoms with van der Waals surface area (Å²) in [7, 11) is 0. The van der Waals surface area contributed by atoms with Crippen molar-refractivity contribution in [1.82, 2.24) is 24.8 Å². The largest absolute Gasteiger partial charge is 0.336 e. The van der Waals surface area contributed by atoms with E-state index in [0.717, 1.165) is 81.1 Å². The minimum Gasteiger partial charge on any atom is -0.336 e. The van der Waals surface area contributed by atoms with Gasteiger partial charge >= 0.3 is 5.95 Å². The molecule has 4 heterocycles. The van der Waals surface area contributed by atoms with Gasteiger partial charge in [0.05, 0.1) is 12.7 Å². The lowest BCUT2D eigenvalue weighted by Crippen LogP contribution is -2.39. The molecule has 0 radical (unpaired) electrons. The maximum Gasteiger partial charge on any atom is 0.319 e. The molecule has 1 aliphatic heterocycles. The smallest absolute Gasteiger partial charge is 0.319 e. The summed E-state index contributed by atoms with van der Waals surface area (Å²) < 4.78 is 2.19. The first-order chi connectivity index (χ1) is 17.7. The number of likely N-dealkylation sites (tertiary alicyclic amines) is 1. The number of piperidine rings is 1. The van der Waals surface area contributed by atoms with Crippen LogP contribution in [0.25, 0.3) is 11.2 Å². The summed E-state index contributed by atoms with van der Waals surface area (Å²) in [6, 6.07) is 7.77. The summed E-state index contributed by atoms with van der Waals surface area (Å²) in [4.78, 5) is 30.6. The topological polar surface area (TPSA) is 81.0 Å². The van der Waals surface area contributed by atoms with Gasteiger partial charge in [0, 0.05) is 25.8 Å². The van der Waals surface area contributed by atoms with Crippen LogP contribution in [0, 0.1) is 0 Å². The Labute approximate surface area is 215 Å². The summed E-state index contributed by atoms with van der Waals surface area (Å²) in [5, 5.41) is 3.47. The van der Waals surface area contributed by atoms with Gasteiger partial charge in [-0.05, 0) is 69.5 Å². The number of carbonyl (C=O) groups is 1. The number of amides is 1. The highest BCUT2D eigenvalue weighted by Crippen LogP contribution is 2.18. The lowest BCUT2D eigenvalue weighted by Gasteiger charge is -2.26. The van der Waals surface area contributed by atoms with Crippen LogP contribution in [-0.4, -0.2) is 63.4 Å². The van der Waals surface area contributed by atoms with Crippen molar-refractivity contribution in [1.29, 1.82) is 0 Å². The third-order valence-electron chi connectivity index (χ3n) is 6.95. The van der Waals surface area contributed by atoms with Crippen LogP contribution in [0.15, 0.2) is 36.7 Å². The molecule has 0 atom stereocenters. The summed E-state index contributed by atoms with van der Waals surface area (Å²) in [5.41, 5.74) is 3.17. The second kappa shape index (κ2) is 13.3. The molecule has 0 unspecified atom stereocenters. The number of fused-ring (bicyclic) bond motifs is 1. The predicted molar refractivity (Wildman–Crippen MR) is 144 cm³/mol. The molecule has 0 aromatic carbocycles. The maximum atomic E-state index is 13.4. The van der Waals surface area contributed by atoms with Crippen LogP contribution in [-0.2, 0) is 6.54 Å². The summed E-state index contributed by atoms with van der Waals surface area (Å²) in [6.07, 6.45) is 12.7. The minimum atomic E-state index is 0.0293. The van der Waals surface area contributed by atoms with Crippen molar-refractivity contribution in [3.63, 3.8) is 0 Å². The molecular weight excluding hydrogens is 450 g/mol. The Morgan fingerprint density at radius 1 is 1.08 bits per heavy atom. The molecule has 0 bridgehead atoms. The molecule has 2 N–H and O–H groups in total. The van der Waals surface area contributed by atoms with Gasteiger partial charge in [-0.15, -0.1) is 4.98 Å². The van der Waals surface area contributed by atoms with E-state index in [4.69, 9.17) is 4.98 Å². The molecule has 36 heavy (non-hydrogen) atoms. The number of anilines is 2. The standard InChI is InChI=1S/C28H41N7O/c1-3-5-19-34(20-6-4-2)27(36)25-14-13-24-26(31-25)35(21-11-18-33-16-8-7-9-17-33)28(32-24)30-23-12-10-15-29-22-23/h10,12-15,22H,3-9,11,16-21H2,1-2H3,(H,30,32,36)/p+1. The molecule has 3 aromatic rings. The van der Waals surface area contributed by atoms with Gasteiger partial charge in [-0.3, -0.25) is 20.1 Å². The second-order valence-corrected chi connectivity index (χ2v) is 9.81. The number of H-pyrrole nitrogens is 1. The van der Waals surface area contributed by atoms with E-state index in [0.29, 0.717) is 5.69 Å². The molecular formula is C28H42N7O+. The number of rotatable bonds is 13. The number of aromatic nitrogens is 4. The average Bonchev–Trinajstić information content (AvgIpc) is 3.25.